The van der Waals surface area contributed by atoms with Crippen LogP contribution in [0.1, 0.15) is 25.0 Å². The van der Waals surface area contributed by atoms with Crippen LogP contribution in [-0.4, -0.2) is 0 Å². The Morgan fingerprint density at radius 1 is 1.25 bits per heavy atom. The summed E-state index contributed by atoms with van der Waals surface area (Å²) in [5, 5.41) is 0. The molecule has 0 atom stereocenters. The first-order chi connectivity index (χ1) is 5.72. The Morgan fingerprint density at radius 3 is 2.25 bits per heavy atom. The number of halogens is 1. The lowest BCUT2D eigenvalue weighted by Crippen LogP contribution is -1.97. The Hall–Kier alpha value is -0.890. The van der Waals surface area contributed by atoms with Crippen molar-refractivity contribution in [1.29, 1.82) is 0 Å². The molecule has 0 saturated heterocycles. The molecule has 0 unspecified atom stereocenters. The molecule has 0 aromatic heterocycles. The van der Waals surface area contributed by atoms with Gasteiger partial charge in [-0.05, 0) is 30.2 Å². The van der Waals surface area contributed by atoms with Crippen LogP contribution in [0, 0.1) is 12.7 Å². The molecule has 0 spiro atoms. The quantitative estimate of drug-likeness (QED) is 0.687. The van der Waals surface area contributed by atoms with E-state index in [0.717, 1.165) is 11.1 Å². The van der Waals surface area contributed by atoms with E-state index in [1.807, 2.05) is 26.8 Å². The average Bonchev–Trinajstić information content (AvgIpc) is 2.06. The second-order valence-electron chi connectivity index (χ2n) is 2.34. The highest BCUT2D eigenvalue weighted by atomic mass is 19.1. The molecular weight excluding hydrogens is 153 g/mol. The molecule has 0 aliphatic heterocycles. The minimum atomic E-state index is -0.208. The van der Waals surface area contributed by atoms with Gasteiger partial charge in [0.25, 0.3) is 0 Å². The fraction of sp³-hybridized carbons (Fsp3) is 0.400. The molecule has 1 aromatic carbocycles. The zero-order valence-electron chi connectivity index (χ0n) is 7.89. The third kappa shape index (κ3) is 3.49. The molecule has 0 radical (unpaired) electrons. The summed E-state index contributed by atoms with van der Waals surface area (Å²) in [5.74, 6) is -0.208. The zero-order valence-corrected chi connectivity index (χ0v) is 7.89. The molecule has 68 valence electrons. The lowest BCUT2D eigenvalue weighted by atomic mass is 10.1. The summed E-state index contributed by atoms with van der Waals surface area (Å²) in [7, 11) is 0. The standard InChI is InChI=1S/C8H10FN.C2H6/c1-6-2-7(5-10)4-8(9)3-6;1-2/h2-4H,5,10H2,1H3;1-2H3. The van der Waals surface area contributed by atoms with Crippen LogP contribution in [0.2, 0.25) is 0 Å². The number of benzene rings is 1. The summed E-state index contributed by atoms with van der Waals surface area (Å²) in [5.41, 5.74) is 7.08. The Labute approximate surface area is 73.4 Å². The smallest absolute Gasteiger partial charge is 0.123 e. The van der Waals surface area contributed by atoms with Crippen LogP contribution in [0.5, 0.6) is 0 Å². The van der Waals surface area contributed by atoms with Gasteiger partial charge < -0.3 is 5.73 Å². The van der Waals surface area contributed by atoms with Gasteiger partial charge in [-0.3, -0.25) is 0 Å². The van der Waals surface area contributed by atoms with Gasteiger partial charge in [0, 0.05) is 6.54 Å². The van der Waals surface area contributed by atoms with Gasteiger partial charge in [-0.2, -0.15) is 0 Å². The number of nitrogens with two attached hydrogens (primary N) is 1. The highest BCUT2D eigenvalue weighted by molar-refractivity contribution is 5.23. The molecular formula is C10H16FN. The minimum absolute atomic E-state index is 0.208. The van der Waals surface area contributed by atoms with E-state index in [4.69, 9.17) is 5.73 Å². The number of aryl methyl sites for hydroxylation is 1. The van der Waals surface area contributed by atoms with Crippen LogP contribution in [0.3, 0.4) is 0 Å². The van der Waals surface area contributed by atoms with Crippen molar-refractivity contribution in [3.05, 3.63) is 35.1 Å². The summed E-state index contributed by atoms with van der Waals surface area (Å²) in [6, 6.07) is 4.81. The second kappa shape index (κ2) is 5.72. The van der Waals surface area contributed by atoms with E-state index in [9.17, 15) is 4.39 Å². The molecule has 0 amide bonds. The van der Waals surface area contributed by atoms with Gasteiger partial charge in [-0.15, -0.1) is 0 Å². The van der Waals surface area contributed by atoms with Gasteiger partial charge in [0.15, 0.2) is 0 Å². The third-order valence-corrected chi connectivity index (χ3v) is 1.34. The highest BCUT2D eigenvalue weighted by Crippen LogP contribution is 2.06. The molecule has 12 heavy (non-hydrogen) atoms. The van der Waals surface area contributed by atoms with E-state index in [-0.39, 0.29) is 5.82 Å². The Balaban J connectivity index is 0.000000561. The lowest BCUT2D eigenvalue weighted by molar-refractivity contribution is 0.624. The van der Waals surface area contributed by atoms with E-state index in [1.54, 1.807) is 0 Å². The fourth-order valence-corrected chi connectivity index (χ4v) is 0.930. The molecule has 0 saturated carbocycles. The first-order valence-electron chi connectivity index (χ1n) is 4.18. The second-order valence-corrected chi connectivity index (χ2v) is 2.34. The maximum atomic E-state index is 12.6. The third-order valence-electron chi connectivity index (χ3n) is 1.34. The van der Waals surface area contributed by atoms with Crippen molar-refractivity contribution in [2.75, 3.05) is 0 Å². The van der Waals surface area contributed by atoms with Crippen molar-refractivity contribution >= 4 is 0 Å². The number of hydrogen-bond acceptors (Lipinski definition) is 1. The molecule has 0 heterocycles. The minimum Gasteiger partial charge on any atom is -0.326 e. The van der Waals surface area contributed by atoms with E-state index in [0.29, 0.717) is 6.54 Å². The van der Waals surface area contributed by atoms with Gasteiger partial charge >= 0.3 is 0 Å². The van der Waals surface area contributed by atoms with Gasteiger partial charge in [0.05, 0.1) is 0 Å². The first kappa shape index (κ1) is 11.1. The van der Waals surface area contributed by atoms with Gasteiger partial charge in [0.1, 0.15) is 5.82 Å². The monoisotopic (exact) mass is 169 g/mol. The van der Waals surface area contributed by atoms with Crippen LogP contribution in [0.4, 0.5) is 4.39 Å². The van der Waals surface area contributed by atoms with Gasteiger partial charge in [0.2, 0.25) is 0 Å². The van der Waals surface area contributed by atoms with Crippen molar-refractivity contribution in [2.45, 2.75) is 27.3 Å². The van der Waals surface area contributed by atoms with Crippen molar-refractivity contribution < 1.29 is 4.39 Å². The van der Waals surface area contributed by atoms with E-state index < -0.39 is 0 Å². The fourth-order valence-electron chi connectivity index (χ4n) is 0.930. The normalized spacial score (nSPS) is 8.75. The predicted molar refractivity (Wildman–Crippen MR) is 50.4 cm³/mol. The molecule has 1 nitrogen and oxygen atoms in total. The Morgan fingerprint density at radius 2 is 1.83 bits per heavy atom. The number of hydrogen-bond donors (Lipinski definition) is 1. The molecule has 0 fully saturated rings. The van der Waals surface area contributed by atoms with Crippen molar-refractivity contribution in [3.63, 3.8) is 0 Å². The van der Waals surface area contributed by atoms with E-state index in [1.165, 1.54) is 12.1 Å². The molecule has 0 aliphatic carbocycles. The van der Waals surface area contributed by atoms with E-state index >= 15 is 0 Å². The largest absolute Gasteiger partial charge is 0.326 e. The highest BCUT2D eigenvalue weighted by Gasteiger charge is 1.94. The maximum absolute atomic E-state index is 12.6. The van der Waals surface area contributed by atoms with Gasteiger partial charge in [-0.25, -0.2) is 4.39 Å². The maximum Gasteiger partial charge on any atom is 0.123 e. The molecule has 0 bridgehead atoms. The topological polar surface area (TPSA) is 26.0 Å². The summed E-state index contributed by atoms with van der Waals surface area (Å²) in [4.78, 5) is 0. The molecule has 2 N–H and O–H groups in total. The Kier molecular flexibility index (Phi) is 5.30. The Bertz CT molecular complexity index is 213. The molecule has 1 aromatic rings. The molecule has 0 aliphatic rings. The van der Waals surface area contributed by atoms with Crippen molar-refractivity contribution in [3.8, 4) is 0 Å². The lowest BCUT2D eigenvalue weighted by Gasteiger charge is -1.97. The van der Waals surface area contributed by atoms with Crippen molar-refractivity contribution in [2.24, 2.45) is 5.73 Å². The van der Waals surface area contributed by atoms with Crippen LogP contribution >= 0.6 is 0 Å². The van der Waals surface area contributed by atoms with Crippen LogP contribution < -0.4 is 5.73 Å². The van der Waals surface area contributed by atoms with Crippen molar-refractivity contribution in [1.82, 2.24) is 0 Å². The predicted octanol–water partition coefficient (Wildman–Crippen LogP) is 2.62. The zero-order chi connectivity index (χ0) is 9.56. The van der Waals surface area contributed by atoms with Crippen LogP contribution in [0.15, 0.2) is 18.2 Å². The van der Waals surface area contributed by atoms with Crippen LogP contribution in [-0.2, 0) is 6.54 Å². The summed E-state index contributed by atoms with van der Waals surface area (Å²) < 4.78 is 12.6. The first-order valence-corrected chi connectivity index (χ1v) is 4.18. The van der Waals surface area contributed by atoms with Gasteiger partial charge in [-0.1, -0.05) is 19.9 Å². The summed E-state index contributed by atoms with van der Waals surface area (Å²) in [6.45, 7) is 6.25. The summed E-state index contributed by atoms with van der Waals surface area (Å²) >= 11 is 0. The average molecular weight is 169 g/mol. The van der Waals surface area contributed by atoms with Crippen LogP contribution in [0.25, 0.3) is 0 Å². The summed E-state index contributed by atoms with van der Waals surface area (Å²) in [6.07, 6.45) is 0. The molecule has 1 rings (SSSR count). The number of rotatable bonds is 1. The SMILES string of the molecule is CC.Cc1cc(F)cc(CN)c1. The van der Waals surface area contributed by atoms with E-state index in [2.05, 4.69) is 0 Å². The molecule has 2 heteroatoms.